The first-order valence-corrected chi connectivity index (χ1v) is 4.41. The van der Waals surface area contributed by atoms with Gasteiger partial charge in [-0.2, -0.15) is 5.26 Å². The summed E-state index contributed by atoms with van der Waals surface area (Å²) in [5.74, 6) is 1.85. The smallest absolute Gasteiger partial charge is 0.118 e. The van der Waals surface area contributed by atoms with Crippen molar-refractivity contribution in [1.29, 1.82) is 5.26 Å². The molecule has 1 rings (SSSR count). The lowest BCUT2D eigenvalue weighted by Gasteiger charge is -2.14. The summed E-state index contributed by atoms with van der Waals surface area (Å²) in [6.07, 6.45) is 0. The van der Waals surface area contributed by atoms with Gasteiger partial charge in [-0.1, -0.05) is 6.92 Å². The highest BCUT2D eigenvalue weighted by molar-refractivity contribution is 5.05. The fourth-order valence-electron chi connectivity index (χ4n) is 1.17. The van der Waals surface area contributed by atoms with Gasteiger partial charge in [-0.25, -0.2) is 0 Å². The molecule has 3 heteroatoms. The van der Waals surface area contributed by atoms with Crippen molar-refractivity contribution in [1.82, 2.24) is 4.90 Å². The molecule has 1 aromatic rings. The van der Waals surface area contributed by atoms with Crippen LogP contribution in [0.1, 0.15) is 18.4 Å². The second-order valence-electron chi connectivity index (χ2n) is 2.97. The van der Waals surface area contributed by atoms with Crippen LogP contribution in [0.2, 0.25) is 0 Å². The monoisotopic (exact) mass is 178 g/mol. The van der Waals surface area contributed by atoms with Gasteiger partial charge in [0.15, 0.2) is 0 Å². The molecule has 0 aliphatic rings. The second-order valence-corrected chi connectivity index (χ2v) is 2.97. The van der Waals surface area contributed by atoms with E-state index in [4.69, 9.17) is 9.68 Å². The molecule has 3 nitrogen and oxygen atoms in total. The molecule has 0 aliphatic heterocycles. The Hall–Kier alpha value is -1.27. The predicted molar refractivity (Wildman–Crippen MR) is 50.0 cm³/mol. The van der Waals surface area contributed by atoms with Crippen molar-refractivity contribution < 1.29 is 4.42 Å². The molecule has 70 valence electrons. The van der Waals surface area contributed by atoms with Crippen molar-refractivity contribution in [2.24, 2.45) is 0 Å². The van der Waals surface area contributed by atoms with Gasteiger partial charge >= 0.3 is 0 Å². The number of nitrogens with zero attached hydrogens (tertiary/aromatic N) is 2. The Bertz CT molecular complexity index is 298. The number of nitriles is 1. The maximum absolute atomic E-state index is 8.53. The molecule has 0 radical (unpaired) electrons. The van der Waals surface area contributed by atoms with Gasteiger partial charge < -0.3 is 4.42 Å². The van der Waals surface area contributed by atoms with Crippen LogP contribution in [0.15, 0.2) is 16.5 Å². The maximum Gasteiger partial charge on any atom is 0.118 e. The molecule has 0 fully saturated rings. The number of furan rings is 1. The Morgan fingerprint density at radius 1 is 1.54 bits per heavy atom. The molecular formula is C10H14N2O. The predicted octanol–water partition coefficient (Wildman–Crippen LogP) is 1.93. The van der Waals surface area contributed by atoms with Crippen molar-refractivity contribution in [3.63, 3.8) is 0 Å². The molecule has 0 N–H and O–H groups in total. The third-order valence-electron chi connectivity index (χ3n) is 1.92. The summed E-state index contributed by atoms with van der Waals surface area (Å²) in [5.41, 5.74) is 0. The zero-order valence-corrected chi connectivity index (χ0v) is 8.08. The molecule has 0 amide bonds. The van der Waals surface area contributed by atoms with Gasteiger partial charge in [-0.15, -0.1) is 0 Å². The van der Waals surface area contributed by atoms with Gasteiger partial charge in [0, 0.05) is 0 Å². The number of aryl methyl sites for hydroxylation is 1. The maximum atomic E-state index is 8.53. The summed E-state index contributed by atoms with van der Waals surface area (Å²) >= 11 is 0. The lowest BCUT2D eigenvalue weighted by atomic mass is 10.4. The summed E-state index contributed by atoms with van der Waals surface area (Å²) in [4.78, 5) is 2.03. The third-order valence-corrected chi connectivity index (χ3v) is 1.92. The van der Waals surface area contributed by atoms with Crippen molar-refractivity contribution in [2.45, 2.75) is 20.4 Å². The van der Waals surface area contributed by atoms with Crippen LogP contribution in [0.4, 0.5) is 0 Å². The zero-order chi connectivity index (χ0) is 9.68. The van der Waals surface area contributed by atoms with Gasteiger partial charge in [-0.05, 0) is 25.6 Å². The second kappa shape index (κ2) is 4.68. The number of rotatable bonds is 4. The number of hydrogen-bond acceptors (Lipinski definition) is 3. The molecule has 1 heterocycles. The van der Waals surface area contributed by atoms with E-state index >= 15 is 0 Å². The summed E-state index contributed by atoms with van der Waals surface area (Å²) in [7, 11) is 0. The van der Waals surface area contributed by atoms with Crippen LogP contribution in [0.5, 0.6) is 0 Å². The first-order chi connectivity index (χ1) is 6.26. The van der Waals surface area contributed by atoms with E-state index in [1.54, 1.807) is 0 Å². The molecule has 0 bridgehead atoms. The molecule has 0 aliphatic carbocycles. The lowest BCUT2D eigenvalue weighted by Crippen LogP contribution is -2.22. The molecule has 0 unspecified atom stereocenters. The molecule has 0 spiro atoms. The minimum absolute atomic E-state index is 0.455. The quantitative estimate of drug-likeness (QED) is 0.661. The lowest BCUT2D eigenvalue weighted by molar-refractivity contribution is 0.282. The van der Waals surface area contributed by atoms with Gasteiger partial charge in [0.2, 0.25) is 0 Å². The van der Waals surface area contributed by atoms with E-state index in [0.29, 0.717) is 6.54 Å². The minimum atomic E-state index is 0.455. The average molecular weight is 178 g/mol. The van der Waals surface area contributed by atoms with E-state index in [0.717, 1.165) is 24.6 Å². The standard InChI is InChI=1S/C10H14N2O/c1-3-12(7-6-11)8-10-5-4-9(2)13-10/h4-5H,3,7-8H2,1-2H3. The SMILES string of the molecule is CCN(CC#N)Cc1ccc(C)o1. The summed E-state index contributed by atoms with van der Waals surface area (Å²) in [6.45, 7) is 6.00. The van der Waals surface area contributed by atoms with Crippen LogP contribution in [0.3, 0.4) is 0 Å². The molecule has 13 heavy (non-hydrogen) atoms. The summed E-state index contributed by atoms with van der Waals surface area (Å²) in [5, 5.41) is 8.53. The molecule has 0 atom stereocenters. The Morgan fingerprint density at radius 2 is 2.31 bits per heavy atom. The topological polar surface area (TPSA) is 40.2 Å². The van der Waals surface area contributed by atoms with Gasteiger partial charge in [0.05, 0.1) is 19.2 Å². The molecule has 0 saturated carbocycles. The van der Waals surface area contributed by atoms with E-state index in [9.17, 15) is 0 Å². The van der Waals surface area contributed by atoms with Crippen molar-refractivity contribution in [3.05, 3.63) is 23.7 Å². The average Bonchev–Trinajstić information content (AvgIpc) is 2.50. The van der Waals surface area contributed by atoms with Gasteiger partial charge in [-0.3, -0.25) is 4.90 Å². The summed E-state index contributed by atoms with van der Waals surface area (Å²) < 4.78 is 5.41. The van der Waals surface area contributed by atoms with Crippen LogP contribution >= 0.6 is 0 Å². The fourth-order valence-corrected chi connectivity index (χ4v) is 1.17. The largest absolute Gasteiger partial charge is 0.465 e. The Balaban J connectivity index is 2.52. The minimum Gasteiger partial charge on any atom is -0.465 e. The molecular weight excluding hydrogens is 164 g/mol. The zero-order valence-electron chi connectivity index (χ0n) is 8.08. The van der Waals surface area contributed by atoms with E-state index in [1.807, 2.05) is 30.9 Å². The highest BCUT2D eigenvalue weighted by Gasteiger charge is 2.05. The normalized spacial score (nSPS) is 10.3. The van der Waals surface area contributed by atoms with E-state index in [2.05, 4.69) is 6.07 Å². The first kappa shape index (κ1) is 9.82. The molecule has 0 aromatic carbocycles. The van der Waals surface area contributed by atoms with Gasteiger partial charge in [0.25, 0.3) is 0 Å². The van der Waals surface area contributed by atoms with Crippen molar-refractivity contribution in [3.8, 4) is 6.07 Å². The van der Waals surface area contributed by atoms with E-state index in [1.165, 1.54) is 0 Å². The number of hydrogen-bond donors (Lipinski definition) is 0. The fraction of sp³-hybridized carbons (Fsp3) is 0.500. The Morgan fingerprint density at radius 3 is 2.77 bits per heavy atom. The Labute approximate surface area is 78.6 Å². The van der Waals surface area contributed by atoms with Crippen LogP contribution in [-0.2, 0) is 6.54 Å². The third kappa shape index (κ3) is 2.92. The molecule has 0 saturated heterocycles. The van der Waals surface area contributed by atoms with Crippen LogP contribution < -0.4 is 0 Å². The van der Waals surface area contributed by atoms with Crippen molar-refractivity contribution >= 4 is 0 Å². The molecule has 1 aromatic heterocycles. The van der Waals surface area contributed by atoms with Gasteiger partial charge in [0.1, 0.15) is 11.5 Å². The van der Waals surface area contributed by atoms with E-state index < -0.39 is 0 Å². The highest BCUT2D eigenvalue weighted by Crippen LogP contribution is 2.08. The van der Waals surface area contributed by atoms with Crippen LogP contribution in [-0.4, -0.2) is 18.0 Å². The van der Waals surface area contributed by atoms with E-state index in [-0.39, 0.29) is 0 Å². The van der Waals surface area contributed by atoms with Crippen molar-refractivity contribution in [2.75, 3.05) is 13.1 Å². The highest BCUT2D eigenvalue weighted by atomic mass is 16.3. The van der Waals surface area contributed by atoms with Crippen LogP contribution in [0.25, 0.3) is 0 Å². The van der Waals surface area contributed by atoms with Crippen LogP contribution in [0, 0.1) is 18.3 Å². The Kier molecular flexibility index (Phi) is 3.53. The first-order valence-electron chi connectivity index (χ1n) is 4.41. The summed E-state index contributed by atoms with van der Waals surface area (Å²) in [6, 6.07) is 6.02.